The first kappa shape index (κ1) is 26.2. The summed E-state index contributed by atoms with van der Waals surface area (Å²) in [5.41, 5.74) is 2.48. The van der Waals surface area contributed by atoms with Crippen LogP contribution in [0.5, 0.6) is 5.75 Å². The van der Waals surface area contributed by atoms with Gasteiger partial charge >= 0.3 is 0 Å². The summed E-state index contributed by atoms with van der Waals surface area (Å²) in [5, 5.41) is 13.3. The van der Waals surface area contributed by atoms with Gasteiger partial charge < -0.3 is 19.5 Å². The molecule has 198 valence electrons. The van der Waals surface area contributed by atoms with E-state index in [9.17, 15) is 14.7 Å². The molecule has 38 heavy (non-hydrogen) atoms. The lowest BCUT2D eigenvalue weighted by atomic mass is 9.97. The number of ketones is 1. The number of ether oxygens (including phenoxy) is 2. The van der Waals surface area contributed by atoms with Gasteiger partial charge in [-0.1, -0.05) is 36.4 Å². The summed E-state index contributed by atoms with van der Waals surface area (Å²) >= 11 is 1.48. The Bertz CT molecular complexity index is 1300. The van der Waals surface area contributed by atoms with Crippen molar-refractivity contribution >= 4 is 28.8 Å². The number of aliphatic hydroxyl groups excluding tert-OH is 1. The van der Waals surface area contributed by atoms with Crippen molar-refractivity contribution in [1.82, 2.24) is 9.80 Å². The molecule has 0 unspecified atom stereocenters. The van der Waals surface area contributed by atoms with E-state index in [1.165, 1.54) is 11.3 Å². The standard InChI is InChI=1S/C30H32N2O5S/c1-21-19-23(37-20-22-7-3-2-4-8-22)10-11-24(21)28(33)26-27(25-9-5-18-38-25)32(30(35)29(26)34)13-6-12-31-14-16-36-17-15-31/h2-5,7-11,18-19,27,33H,6,12-17,20H2,1H3/b28-26+/t27-/m1/s1. The van der Waals surface area contributed by atoms with Gasteiger partial charge in [-0.3, -0.25) is 14.5 Å². The number of benzene rings is 2. The van der Waals surface area contributed by atoms with Crippen LogP contribution in [0, 0.1) is 6.92 Å². The van der Waals surface area contributed by atoms with E-state index in [-0.39, 0.29) is 11.3 Å². The van der Waals surface area contributed by atoms with Gasteiger partial charge in [0.25, 0.3) is 11.7 Å². The van der Waals surface area contributed by atoms with Crippen LogP contribution in [0.2, 0.25) is 0 Å². The van der Waals surface area contributed by atoms with Gasteiger partial charge in [0.1, 0.15) is 18.1 Å². The minimum atomic E-state index is -0.643. The number of nitrogens with zero attached hydrogens (tertiary/aromatic N) is 2. The molecule has 0 saturated carbocycles. The fraction of sp³-hybridized carbons (Fsp3) is 0.333. The van der Waals surface area contributed by atoms with Crippen LogP contribution in [0.3, 0.4) is 0 Å². The minimum absolute atomic E-state index is 0.143. The zero-order valence-corrected chi connectivity index (χ0v) is 22.3. The van der Waals surface area contributed by atoms with Crippen LogP contribution in [-0.4, -0.2) is 66.0 Å². The highest BCUT2D eigenvalue weighted by molar-refractivity contribution is 7.10. The van der Waals surface area contributed by atoms with Gasteiger partial charge in [0, 0.05) is 36.6 Å². The number of carbonyl (C=O) groups excluding carboxylic acids is 2. The number of Topliss-reactive ketones (excluding diaryl/α,β-unsaturated/α-hetero) is 1. The smallest absolute Gasteiger partial charge is 0.295 e. The predicted octanol–water partition coefficient (Wildman–Crippen LogP) is 4.78. The van der Waals surface area contributed by atoms with Gasteiger partial charge in [-0.15, -0.1) is 11.3 Å². The Balaban J connectivity index is 1.38. The fourth-order valence-electron chi connectivity index (χ4n) is 5.02. The number of hydrogen-bond acceptors (Lipinski definition) is 7. The van der Waals surface area contributed by atoms with Gasteiger partial charge in [0.2, 0.25) is 0 Å². The van der Waals surface area contributed by atoms with Crippen LogP contribution >= 0.6 is 11.3 Å². The number of carbonyl (C=O) groups is 2. The lowest BCUT2D eigenvalue weighted by Gasteiger charge is -2.28. The minimum Gasteiger partial charge on any atom is -0.507 e. The molecule has 8 heteroatoms. The van der Waals surface area contributed by atoms with E-state index in [1.807, 2.05) is 60.8 Å². The van der Waals surface area contributed by atoms with Gasteiger partial charge in [0.15, 0.2) is 0 Å². The normalized spacial score (nSPS) is 19.7. The summed E-state index contributed by atoms with van der Waals surface area (Å²) in [6, 6.07) is 18.5. The molecule has 2 saturated heterocycles. The molecule has 1 aromatic heterocycles. The molecule has 5 rings (SSSR count). The van der Waals surface area contributed by atoms with Crippen molar-refractivity contribution in [2.24, 2.45) is 0 Å². The third-order valence-corrected chi connectivity index (χ3v) is 7.96. The van der Waals surface area contributed by atoms with E-state index in [2.05, 4.69) is 4.90 Å². The second kappa shape index (κ2) is 11.9. The number of thiophene rings is 1. The van der Waals surface area contributed by atoms with Crippen molar-refractivity contribution in [2.45, 2.75) is 26.0 Å². The Kier molecular flexibility index (Phi) is 8.22. The highest BCUT2D eigenvalue weighted by Crippen LogP contribution is 2.41. The number of hydrogen-bond donors (Lipinski definition) is 1. The lowest BCUT2D eigenvalue weighted by molar-refractivity contribution is -0.140. The quantitative estimate of drug-likeness (QED) is 0.243. The highest BCUT2D eigenvalue weighted by Gasteiger charge is 2.46. The number of likely N-dealkylation sites (tertiary alicyclic amines) is 1. The van der Waals surface area contributed by atoms with Gasteiger partial charge in [-0.2, -0.15) is 0 Å². The summed E-state index contributed by atoms with van der Waals surface area (Å²) in [6.07, 6.45) is 0.738. The Labute approximate surface area is 226 Å². The van der Waals surface area contributed by atoms with E-state index in [1.54, 1.807) is 17.0 Å². The van der Waals surface area contributed by atoms with Crippen LogP contribution in [0.4, 0.5) is 0 Å². The molecular formula is C30H32N2O5S. The van der Waals surface area contributed by atoms with Crippen LogP contribution in [0.15, 0.2) is 71.6 Å². The van der Waals surface area contributed by atoms with E-state index in [0.717, 1.165) is 55.3 Å². The number of morpholine rings is 1. The number of aliphatic hydroxyl groups is 1. The topological polar surface area (TPSA) is 79.3 Å². The number of amides is 1. The first-order valence-corrected chi connectivity index (χ1v) is 13.8. The van der Waals surface area contributed by atoms with Crippen molar-refractivity contribution < 1.29 is 24.2 Å². The van der Waals surface area contributed by atoms with E-state index >= 15 is 0 Å². The lowest BCUT2D eigenvalue weighted by Crippen LogP contribution is -2.38. The Morgan fingerprint density at radius 2 is 1.84 bits per heavy atom. The molecule has 1 N–H and O–H groups in total. The van der Waals surface area contributed by atoms with E-state index in [4.69, 9.17) is 9.47 Å². The zero-order valence-electron chi connectivity index (χ0n) is 21.5. The van der Waals surface area contributed by atoms with Crippen molar-refractivity contribution in [2.75, 3.05) is 39.4 Å². The SMILES string of the molecule is Cc1cc(OCc2ccccc2)ccc1/C(O)=C1\C(=O)C(=O)N(CCCN2CCOCC2)[C@@H]1c1cccs1. The molecule has 2 aliphatic heterocycles. The third kappa shape index (κ3) is 5.67. The van der Waals surface area contributed by atoms with Crippen molar-refractivity contribution in [1.29, 1.82) is 0 Å². The van der Waals surface area contributed by atoms with Crippen LogP contribution in [0.1, 0.15) is 34.0 Å². The van der Waals surface area contributed by atoms with Crippen molar-refractivity contribution in [3.8, 4) is 5.75 Å². The summed E-state index contributed by atoms with van der Waals surface area (Å²) in [7, 11) is 0. The first-order chi connectivity index (χ1) is 18.5. The molecule has 2 aromatic carbocycles. The molecule has 0 radical (unpaired) electrons. The molecule has 2 aliphatic rings. The van der Waals surface area contributed by atoms with Crippen molar-refractivity contribution in [3.63, 3.8) is 0 Å². The van der Waals surface area contributed by atoms with E-state index in [0.29, 0.717) is 24.5 Å². The molecule has 2 fully saturated rings. The molecule has 0 aliphatic carbocycles. The zero-order chi connectivity index (χ0) is 26.5. The average molecular weight is 533 g/mol. The molecule has 0 spiro atoms. The third-order valence-electron chi connectivity index (χ3n) is 7.03. The number of rotatable bonds is 9. The maximum atomic E-state index is 13.3. The van der Waals surface area contributed by atoms with Gasteiger partial charge in [-0.25, -0.2) is 0 Å². The summed E-state index contributed by atoms with van der Waals surface area (Å²) in [5.74, 6) is -0.686. The summed E-state index contributed by atoms with van der Waals surface area (Å²) < 4.78 is 11.3. The van der Waals surface area contributed by atoms with Crippen LogP contribution in [0.25, 0.3) is 5.76 Å². The highest BCUT2D eigenvalue weighted by atomic mass is 32.1. The maximum absolute atomic E-state index is 13.3. The second-order valence-electron chi connectivity index (χ2n) is 9.57. The fourth-order valence-corrected chi connectivity index (χ4v) is 5.87. The monoisotopic (exact) mass is 532 g/mol. The number of aryl methyl sites for hydroxylation is 1. The van der Waals surface area contributed by atoms with Crippen LogP contribution < -0.4 is 4.74 Å². The van der Waals surface area contributed by atoms with Crippen LogP contribution in [-0.2, 0) is 20.9 Å². The molecule has 7 nitrogen and oxygen atoms in total. The second-order valence-corrected chi connectivity index (χ2v) is 10.5. The Hall–Kier alpha value is -3.46. The largest absolute Gasteiger partial charge is 0.507 e. The molecule has 3 aromatic rings. The average Bonchev–Trinajstić information content (AvgIpc) is 3.56. The summed E-state index contributed by atoms with van der Waals surface area (Å²) in [6.45, 7) is 6.74. The molecule has 1 atom stereocenters. The van der Waals surface area contributed by atoms with Gasteiger partial charge in [-0.05, 0) is 54.1 Å². The molecular weight excluding hydrogens is 500 g/mol. The Morgan fingerprint density at radius 1 is 1.05 bits per heavy atom. The van der Waals surface area contributed by atoms with Gasteiger partial charge in [0.05, 0.1) is 24.8 Å². The van der Waals surface area contributed by atoms with E-state index < -0.39 is 17.7 Å². The molecule has 3 heterocycles. The summed E-state index contributed by atoms with van der Waals surface area (Å²) in [4.78, 5) is 31.3. The Morgan fingerprint density at radius 3 is 2.55 bits per heavy atom. The van der Waals surface area contributed by atoms with Crippen molar-refractivity contribution in [3.05, 3.63) is 93.2 Å². The maximum Gasteiger partial charge on any atom is 0.295 e. The predicted molar refractivity (Wildman–Crippen MR) is 147 cm³/mol. The molecule has 1 amide bonds. The molecule has 0 bridgehead atoms. The first-order valence-electron chi connectivity index (χ1n) is 12.9.